The molecule has 10 heteroatoms. The third kappa shape index (κ3) is 5.78. The first kappa shape index (κ1) is 24.9. The Hall–Kier alpha value is -1.74. The number of halogens is 3. The molecule has 7 nitrogen and oxygen atoms in total. The number of aliphatic hydroxyl groups is 1. The van der Waals surface area contributed by atoms with Crippen LogP contribution in [0.25, 0.3) is 11.0 Å². The molecule has 4 rings (SSSR count). The fourth-order valence-corrected chi connectivity index (χ4v) is 4.39. The smallest absolute Gasteiger partial charge is 0.203 e. The molecule has 0 saturated carbocycles. The van der Waals surface area contributed by atoms with Gasteiger partial charge in [-0.05, 0) is 30.3 Å². The Kier molecular flexibility index (Phi) is 8.87. The number of hydrogen-bond donors (Lipinski definition) is 3. The number of nitrogens with one attached hydrogen (secondary N) is 2. The summed E-state index contributed by atoms with van der Waals surface area (Å²) in [7, 11) is 0. The Balaban J connectivity index is 0.00000289. The minimum atomic E-state index is -0.801. The first-order valence-electron chi connectivity index (χ1n) is 10.4. The van der Waals surface area contributed by atoms with Gasteiger partial charge in [0.2, 0.25) is 5.62 Å². The van der Waals surface area contributed by atoms with Gasteiger partial charge in [-0.3, -0.25) is 5.41 Å². The second-order valence-corrected chi connectivity index (χ2v) is 8.57. The molecule has 2 heterocycles. The lowest BCUT2D eigenvalue weighted by molar-refractivity contribution is -0.908. The van der Waals surface area contributed by atoms with Crippen molar-refractivity contribution in [3.8, 4) is 5.75 Å². The number of ether oxygens (including phenoxy) is 2. The van der Waals surface area contributed by atoms with Crippen LogP contribution in [0.15, 0.2) is 42.5 Å². The molecule has 1 fully saturated rings. The molecule has 0 aliphatic carbocycles. The molecule has 2 aromatic carbocycles. The van der Waals surface area contributed by atoms with Crippen LogP contribution in [-0.2, 0) is 17.8 Å². The van der Waals surface area contributed by atoms with E-state index in [1.807, 2.05) is 33.4 Å². The number of aromatic nitrogens is 2. The van der Waals surface area contributed by atoms with Crippen LogP contribution in [0.1, 0.15) is 0 Å². The highest BCUT2D eigenvalue weighted by atomic mass is 35.5. The van der Waals surface area contributed by atoms with Gasteiger partial charge in [0, 0.05) is 5.02 Å². The molecule has 1 unspecified atom stereocenters. The molecule has 32 heavy (non-hydrogen) atoms. The van der Waals surface area contributed by atoms with E-state index in [1.54, 1.807) is 18.2 Å². The van der Waals surface area contributed by atoms with E-state index in [1.165, 1.54) is 4.90 Å². The first-order valence-corrected chi connectivity index (χ1v) is 11.2. The fraction of sp³-hybridized carbons (Fsp3) is 0.409. The van der Waals surface area contributed by atoms with Crippen LogP contribution in [0.5, 0.6) is 5.75 Å². The van der Waals surface area contributed by atoms with Crippen molar-refractivity contribution in [2.75, 3.05) is 39.5 Å². The second kappa shape index (κ2) is 11.4. The average Bonchev–Trinajstić information content (AvgIpc) is 3.03. The Labute approximate surface area is 203 Å². The summed E-state index contributed by atoms with van der Waals surface area (Å²) in [6.07, 6.45) is -0.801. The number of nitrogens with zero attached hydrogens (tertiary/aromatic N) is 2. The number of morpholine rings is 1. The number of rotatable bonds is 8. The summed E-state index contributed by atoms with van der Waals surface area (Å²) in [5.74, 6) is 0.470. The SMILES string of the molecule is N=c1n(CC[NH+]2CCOCC2)c2ccccc2n1CC(O)COc1ccc(Cl)cc1Cl.[Cl-]. The summed E-state index contributed by atoms with van der Waals surface area (Å²) in [4.78, 5) is 1.49. The molecule has 1 aliphatic heterocycles. The van der Waals surface area contributed by atoms with Crippen molar-refractivity contribution in [3.05, 3.63) is 58.1 Å². The topological polar surface area (TPSA) is 76.8 Å². The minimum absolute atomic E-state index is 0. The van der Waals surface area contributed by atoms with Crippen molar-refractivity contribution in [2.24, 2.45) is 0 Å². The molecule has 0 radical (unpaired) electrons. The number of para-hydroxylation sites is 2. The largest absolute Gasteiger partial charge is 1.00 e. The quantitative estimate of drug-likeness (QED) is 0.355. The zero-order chi connectivity index (χ0) is 21.8. The summed E-state index contributed by atoms with van der Waals surface area (Å²) in [6, 6.07) is 12.9. The van der Waals surface area contributed by atoms with Gasteiger partial charge in [0.25, 0.3) is 0 Å². The molecule has 1 aromatic heterocycles. The second-order valence-electron chi connectivity index (χ2n) is 7.73. The van der Waals surface area contributed by atoms with E-state index in [-0.39, 0.29) is 25.6 Å². The van der Waals surface area contributed by atoms with E-state index in [4.69, 9.17) is 38.1 Å². The van der Waals surface area contributed by atoms with Gasteiger partial charge in [0.05, 0.1) is 48.9 Å². The van der Waals surface area contributed by atoms with Crippen molar-refractivity contribution >= 4 is 34.2 Å². The van der Waals surface area contributed by atoms with Gasteiger partial charge < -0.3 is 41.0 Å². The van der Waals surface area contributed by atoms with Crippen molar-refractivity contribution in [1.82, 2.24) is 9.13 Å². The highest BCUT2D eigenvalue weighted by Gasteiger charge is 2.18. The van der Waals surface area contributed by atoms with Crippen LogP contribution in [0.2, 0.25) is 10.0 Å². The van der Waals surface area contributed by atoms with Crippen LogP contribution in [0.4, 0.5) is 0 Å². The summed E-state index contributed by atoms with van der Waals surface area (Å²) < 4.78 is 15.0. The predicted octanol–water partition coefficient (Wildman–Crippen LogP) is -1.41. The summed E-state index contributed by atoms with van der Waals surface area (Å²) in [6.45, 7) is 5.57. The van der Waals surface area contributed by atoms with E-state index in [0.29, 0.717) is 21.4 Å². The Morgan fingerprint density at radius 1 is 1.09 bits per heavy atom. The summed E-state index contributed by atoms with van der Waals surface area (Å²) in [5.41, 5.74) is 2.29. The van der Waals surface area contributed by atoms with Gasteiger partial charge in [-0.2, -0.15) is 0 Å². The Bertz CT molecular complexity index is 1100. The van der Waals surface area contributed by atoms with Gasteiger partial charge in [-0.15, -0.1) is 0 Å². The maximum absolute atomic E-state index is 10.6. The molecule has 0 spiro atoms. The highest BCUT2D eigenvalue weighted by Crippen LogP contribution is 2.27. The van der Waals surface area contributed by atoms with Crippen LogP contribution >= 0.6 is 23.2 Å². The number of fused-ring (bicyclic) bond motifs is 1. The number of quaternary nitrogens is 1. The number of imidazole rings is 1. The lowest BCUT2D eigenvalue weighted by Gasteiger charge is -2.23. The summed E-state index contributed by atoms with van der Waals surface area (Å²) in [5, 5.41) is 20.3. The van der Waals surface area contributed by atoms with Crippen molar-refractivity contribution < 1.29 is 31.9 Å². The monoisotopic (exact) mass is 500 g/mol. The van der Waals surface area contributed by atoms with E-state index in [9.17, 15) is 5.11 Å². The minimum Gasteiger partial charge on any atom is -1.00 e. The Morgan fingerprint density at radius 3 is 2.47 bits per heavy atom. The number of hydrogen-bond acceptors (Lipinski definition) is 4. The molecular weight excluding hydrogens is 475 g/mol. The number of benzene rings is 2. The standard InChI is InChI=1S/C22H26Cl2N4O3.ClH/c23-16-5-6-21(18(24)13-16)31-15-17(29)14-28-20-4-2-1-3-19(20)27(22(28)25)8-7-26-9-11-30-12-10-26;/h1-6,13,17,25,29H,7-12,14-15H2;1H. The fourth-order valence-electron chi connectivity index (χ4n) is 3.93. The van der Waals surface area contributed by atoms with Gasteiger partial charge in [0.1, 0.15) is 31.5 Å². The maximum atomic E-state index is 10.6. The van der Waals surface area contributed by atoms with Crippen LogP contribution in [0.3, 0.4) is 0 Å². The molecule has 174 valence electrons. The Morgan fingerprint density at radius 2 is 1.78 bits per heavy atom. The number of aliphatic hydroxyl groups excluding tert-OH is 1. The average molecular weight is 502 g/mol. The molecule has 0 amide bonds. The third-order valence-corrected chi connectivity index (χ3v) is 6.11. The zero-order valence-corrected chi connectivity index (χ0v) is 19.8. The molecular formula is C22H27Cl3N4O3. The van der Waals surface area contributed by atoms with E-state index in [2.05, 4.69) is 0 Å². The molecule has 3 aromatic rings. The molecule has 0 bridgehead atoms. The lowest BCUT2D eigenvalue weighted by atomic mass is 10.3. The van der Waals surface area contributed by atoms with E-state index < -0.39 is 6.10 Å². The zero-order valence-electron chi connectivity index (χ0n) is 17.6. The van der Waals surface area contributed by atoms with Gasteiger partial charge in [-0.25, -0.2) is 0 Å². The van der Waals surface area contributed by atoms with Crippen LogP contribution in [-0.4, -0.2) is 59.8 Å². The maximum Gasteiger partial charge on any atom is 0.203 e. The molecule has 1 saturated heterocycles. The van der Waals surface area contributed by atoms with Crippen molar-refractivity contribution in [2.45, 2.75) is 19.2 Å². The molecule has 1 atom stereocenters. The summed E-state index contributed by atoms with van der Waals surface area (Å²) >= 11 is 12.1. The van der Waals surface area contributed by atoms with Crippen molar-refractivity contribution in [1.29, 1.82) is 5.41 Å². The van der Waals surface area contributed by atoms with Gasteiger partial charge in [-0.1, -0.05) is 35.3 Å². The molecule has 3 N–H and O–H groups in total. The van der Waals surface area contributed by atoms with Crippen molar-refractivity contribution in [3.63, 3.8) is 0 Å². The highest BCUT2D eigenvalue weighted by molar-refractivity contribution is 6.35. The molecule has 1 aliphatic rings. The van der Waals surface area contributed by atoms with Crippen LogP contribution < -0.4 is 27.7 Å². The lowest BCUT2D eigenvalue weighted by Crippen LogP contribution is -3.14. The van der Waals surface area contributed by atoms with E-state index in [0.717, 1.165) is 50.4 Å². The first-order chi connectivity index (χ1) is 15.0. The van der Waals surface area contributed by atoms with E-state index >= 15 is 0 Å². The predicted molar refractivity (Wildman–Crippen MR) is 120 cm³/mol. The van der Waals surface area contributed by atoms with Gasteiger partial charge in [0.15, 0.2) is 0 Å². The third-order valence-electron chi connectivity index (χ3n) is 5.58. The normalized spacial score (nSPS) is 15.5. The van der Waals surface area contributed by atoms with Gasteiger partial charge >= 0.3 is 0 Å². The van der Waals surface area contributed by atoms with Crippen LogP contribution in [0, 0.1) is 5.41 Å².